The van der Waals surface area contributed by atoms with Gasteiger partial charge in [0.2, 0.25) is 11.8 Å². The number of carbonyl (C=O) groups excluding carboxylic acids is 2. The van der Waals surface area contributed by atoms with E-state index in [1.54, 1.807) is 38.1 Å². The molecule has 0 spiro atoms. The topological polar surface area (TPSA) is 86.8 Å². The number of hydrogen-bond acceptors (Lipinski definition) is 4. The number of nitrogens with zero attached hydrogens (tertiary/aromatic N) is 2. The maximum atomic E-state index is 14.2. The van der Waals surface area contributed by atoms with Crippen molar-refractivity contribution in [2.75, 3.05) is 10.8 Å². The number of rotatable bonds is 12. The van der Waals surface area contributed by atoms with Crippen LogP contribution >= 0.6 is 11.6 Å². The van der Waals surface area contributed by atoms with E-state index in [9.17, 15) is 31.2 Å². The van der Waals surface area contributed by atoms with Crippen molar-refractivity contribution in [3.63, 3.8) is 0 Å². The summed E-state index contributed by atoms with van der Waals surface area (Å²) in [5.74, 6) is -1.18. The van der Waals surface area contributed by atoms with Gasteiger partial charge in [0.1, 0.15) is 12.6 Å². The number of halogens is 4. The van der Waals surface area contributed by atoms with E-state index in [4.69, 9.17) is 11.6 Å². The molecule has 3 aromatic carbocycles. The zero-order valence-electron chi connectivity index (χ0n) is 25.3. The van der Waals surface area contributed by atoms with Gasteiger partial charge in [-0.25, -0.2) is 8.42 Å². The first-order chi connectivity index (χ1) is 20.6. The molecule has 2 amide bonds. The molecule has 2 atom stereocenters. The highest BCUT2D eigenvalue weighted by Gasteiger charge is 2.37. The summed E-state index contributed by atoms with van der Waals surface area (Å²) in [6.07, 6.45) is -4.02. The van der Waals surface area contributed by atoms with Gasteiger partial charge in [-0.05, 0) is 75.1 Å². The number of sulfonamides is 1. The Balaban J connectivity index is 2.16. The minimum absolute atomic E-state index is 0.0230. The van der Waals surface area contributed by atoms with Crippen LogP contribution in [-0.2, 0) is 32.3 Å². The van der Waals surface area contributed by atoms with Crippen LogP contribution in [0.4, 0.5) is 18.9 Å². The minimum Gasteiger partial charge on any atom is -0.352 e. The maximum absolute atomic E-state index is 14.2. The first-order valence-electron chi connectivity index (χ1n) is 14.2. The van der Waals surface area contributed by atoms with Gasteiger partial charge in [0.15, 0.2) is 0 Å². The maximum Gasteiger partial charge on any atom is 0.417 e. The lowest BCUT2D eigenvalue weighted by atomic mass is 10.1. The summed E-state index contributed by atoms with van der Waals surface area (Å²) in [6, 6.07) is 14.5. The van der Waals surface area contributed by atoms with E-state index in [2.05, 4.69) is 5.32 Å². The second-order valence-electron chi connectivity index (χ2n) is 10.7. The predicted molar refractivity (Wildman–Crippen MR) is 166 cm³/mol. The summed E-state index contributed by atoms with van der Waals surface area (Å²) in [5, 5.41) is 2.27. The molecule has 3 rings (SSSR count). The highest BCUT2D eigenvalue weighted by Crippen LogP contribution is 2.38. The van der Waals surface area contributed by atoms with Crippen LogP contribution in [0, 0.1) is 13.8 Å². The van der Waals surface area contributed by atoms with Crippen molar-refractivity contribution in [2.24, 2.45) is 0 Å². The van der Waals surface area contributed by atoms with Crippen molar-refractivity contribution in [3.8, 4) is 0 Å². The van der Waals surface area contributed by atoms with Gasteiger partial charge in [0.25, 0.3) is 10.0 Å². The van der Waals surface area contributed by atoms with E-state index in [-0.39, 0.29) is 23.9 Å². The molecule has 44 heavy (non-hydrogen) atoms. The lowest BCUT2D eigenvalue weighted by molar-refractivity contribution is -0.140. The standard InChI is InChI=1S/C32H37ClF3N3O4S/c1-6-23(5)37-31(41)29(7-2)38(19-24-11-9-8-10-22(24)4)30(40)20-39(44(42,43)26-15-12-21(3)13-16-26)25-14-17-28(33)27(18-25)32(34,35)36/h8-18,23,29H,6-7,19-20H2,1-5H3,(H,37,41)/t23-,29-/m1/s1. The quantitative estimate of drug-likeness (QED) is 0.231. The largest absolute Gasteiger partial charge is 0.417 e. The van der Waals surface area contributed by atoms with E-state index in [1.165, 1.54) is 17.0 Å². The fourth-order valence-electron chi connectivity index (χ4n) is 4.58. The van der Waals surface area contributed by atoms with Gasteiger partial charge in [0.05, 0.1) is 21.2 Å². The molecule has 0 heterocycles. The molecular weight excluding hydrogens is 615 g/mol. The molecule has 238 valence electrons. The molecule has 1 N–H and O–H groups in total. The minimum atomic E-state index is -4.88. The zero-order chi connectivity index (χ0) is 32.8. The number of nitrogens with one attached hydrogen (secondary N) is 1. The summed E-state index contributed by atoms with van der Waals surface area (Å²) < 4.78 is 70.1. The summed E-state index contributed by atoms with van der Waals surface area (Å²) in [4.78, 5) is 28.6. The van der Waals surface area contributed by atoms with Crippen LogP contribution in [0.25, 0.3) is 0 Å². The number of hydrogen-bond donors (Lipinski definition) is 1. The van der Waals surface area contributed by atoms with Gasteiger partial charge in [-0.1, -0.05) is 67.4 Å². The number of aryl methyl sites for hydroxylation is 2. The first kappa shape index (κ1) is 34.9. The van der Waals surface area contributed by atoms with Gasteiger partial charge in [-0.3, -0.25) is 13.9 Å². The van der Waals surface area contributed by atoms with E-state index in [1.807, 2.05) is 32.9 Å². The molecule has 0 saturated carbocycles. The second kappa shape index (κ2) is 14.5. The Morgan fingerprint density at radius 3 is 2.16 bits per heavy atom. The summed E-state index contributed by atoms with van der Waals surface area (Å²) in [5.41, 5.74) is 0.696. The van der Waals surface area contributed by atoms with Crippen LogP contribution in [0.15, 0.2) is 71.6 Å². The van der Waals surface area contributed by atoms with Crippen molar-refractivity contribution in [2.45, 2.75) is 77.2 Å². The number of benzene rings is 3. The second-order valence-corrected chi connectivity index (χ2v) is 12.9. The van der Waals surface area contributed by atoms with E-state index in [0.717, 1.165) is 28.8 Å². The van der Waals surface area contributed by atoms with Gasteiger partial charge >= 0.3 is 6.18 Å². The summed E-state index contributed by atoms with van der Waals surface area (Å²) >= 11 is 5.84. The number of anilines is 1. The molecule has 0 radical (unpaired) electrons. The van der Waals surface area contributed by atoms with Gasteiger partial charge < -0.3 is 10.2 Å². The van der Waals surface area contributed by atoms with Crippen LogP contribution in [0.3, 0.4) is 0 Å². The van der Waals surface area contributed by atoms with Crippen molar-refractivity contribution in [1.29, 1.82) is 0 Å². The number of alkyl halides is 3. The zero-order valence-corrected chi connectivity index (χ0v) is 26.9. The van der Waals surface area contributed by atoms with Crippen LogP contribution < -0.4 is 9.62 Å². The van der Waals surface area contributed by atoms with Crippen LogP contribution in [0.5, 0.6) is 0 Å². The molecule has 0 aliphatic carbocycles. The van der Waals surface area contributed by atoms with Crippen molar-refractivity contribution < 1.29 is 31.2 Å². The molecule has 0 fully saturated rings. The van der Waals surface area contributed by atoms with E-state index < -0.39 is 56.9 Å². The third kappa shape index (κ3) is 8.32. The average molecular weight is 652 g/mol. The van der Waals surface area contributed by atoms with Crippen LogP contribution in [0.2, 0.25) is 5.02 Å². The Kier molecular flexibility index (Phi) is 11.5. The van der Waals surface area contributed by atoms with Crippen molar-refractivity contribution >= 4 is 39.1 Å². The smallest absolute Gasteiger partial charge is 0.352 e. The summed E-state index contributed by atoms with van der Waals surface area (Å²) in [6.45, 7) is 8.17. The van der Waals surface area contributed by atoms with E-state index >= 15 is 0 Å². The van der Waals surface area contributed by atoms with Gasteiger partial charge in [-0.2, -0.15) is 13.2 Å². The number of carbonyl (C=O) groups is 2. The average Bonchev–Trinajstić information content (AvgIpc) is 2.96. The molecular formula is C32H37ClF3N3O4S. The Labute approximate surface area is 262 Å². The third-order valence-electron chi connectivity index (χ3n) is 7.42. The van der Waals surface area contributed by atoms with E-state index in [0.29, 0.717) is 16.8 Å². The molecule has 0 aromatic heterocycles. The van der Waals surface area contributed by atoms with Crippen molar-refractivity contribution in [1.82, 2.24) is 10.2 Å². The predicted octanol–water partition coefficient (Wildman–Crippen LogP) is 6.89. The number of amides is 2. The highest BCUT2D eigenvalue weighted by atomic mass is 35.5. The Hall–Kier alpha value is -3.57. The fraction of sp³-hybridized carbons (Fsp3) is 0.375. The molecule has 0 aliphatic heterocycles. The first-order valence-corrected chi connectivity index (χ1v) is 16.0. The van der Waals surface area contributed by atoms with Gasteiger partial charge in [-0.15, -0.1) is 0 Å². The van der Waals surface area contributed by atoms with Crippen LogP contribution in [0.1, 0.15) is 55.9 Å². The highest BCUT2D eigenvalue weighted by molar-refractivity contribution is 7.92. The van der Waals surface area contributed by atoms with Crippen molar-refractivity contribution in [3.05, 3.63) is 94.0 Å². The lowest BCUT2D eigenvalue weighted by Gasteiger charge is -2.34. The Bertz CT molecular complexity index is 1580. The normalized spacial score (nSPS) is 13.2. The SMILES string of the molecule is CC[C@@H](C)NC(=O)[C@@H](CC)N(Cc1ccccc1C)C(=O)CN(c1ccc(Cl)c(C(F)(F)F)c1)S(=O)(=O)c1ccc(C)cc1. The monoisotopic (exact) mass is 651 g/mol. The van der Waals surface area contributed by atoms with Crippen LogP contribution in [-0.4, -0.2) is 43.8 Å². The molecule has 0 aliphatic rings. The fourth-order valence-corrected chi connectivity index (χ4v) is 6.21. The molecule has 7 nitrogen and oxygen atoms in total. The summed E-state index contributed by atoms with van der Waals surface area (Å²) in [7, 11) is -4.56. The van der Waals surface area contributed by atoms with Gasteiger partial charge in [0, 0.05) is 12.6 Å². The lowest BCUT2D eigenvalue weighted by Crippen LogP contribution is -2.53. The molecule has 0 bridgehead atoms. The Morgan fingerprint density at radius 2 is 1.59 bits per heavy atom. The molecule has 12 heteroatoms. The molecule has 0 saturated heterocycles. The third-order valence-corrected chi connectivity index (χ3v) is 9.54. The Morgan fingerprint density at radius 1 is 0.955 bits per heavy atom. The molecule has 3 aromatic rings. The molecule has 0 unspecified atom stereocenters.